The van der Waals surface area contributed by atoms with Gasteiger partial charge in [-0.25, -0.2) is 0 Å². The van der Waals surface area contributed by atoms with Crippen molar-refractivity contribution in [3.8, 4) is 34.0 Å². The average Bonchev–Trinajstić information content (AvgIpc) is 3.51. The van der Waals surface area contributed by atoms with E-state index in [9.17, 15) is 0 Å². The number of hydrogen-bond donors (Lipinski definition) is 0. The van der Waals surface area contributed by atoms with E-state index in [1.165, 1.54) is 42.3 Å². The fraction of sp³-hybridized carbons (Fsp3) is 0.0476. The number of rotatable bonds is 3. The van der Waals surface area contributed by atoms with Crippen molar-refractivity contribution in [2.24, 2.45) is 0 Å². The van der Waals surface area contributed by atoms with Gasteiger partial charge in [0.25, 0.3) is 6.71 Å². The van der Waals surface area contributed by atoms with Crippen molar-refractivity contribution >= 4 is 54.6 Å². The molecule has 0 aliphatic carbocycles. The fourth-order valence-corrected chi connectivity index (χ4v) is 7.62. The molecule has 0 unspecified atom stereocenters. The molecular formula is C42H29BIrN2OS-2. The van der Waals surface area contributed by atoms with E-state index in [0.717, 1.165) is 39.4 Å². The van der Waals surface area contributed by atoms with Crippen LogP contribution in [-0.2, 0) is 20.1 Å². The molecule has 1 aliphatic heterocycles. The third kappa shape index (κ3) is 5.88. The van der Waals surface area contributed by atoms with E-state index in [-0.39, 0.29) is 26.8 Å². The Morgan fingerprint density at radius 3 is 2.29 bits per heavy atom. The number of fused-ring (bicyclic) bond motifs is 6. The van der Waals surface area contributed by atoms with Crippen LogP contribution in [0, 0.1) is 26.0 Å². The Bertz CT molecular complexity index is 2360. The van der Waals surface area contributed by atoms with Crippen molar-refractivity contribution < 1.29 is 24.8 Å². The first-order valence-electron chi connectivity index (χ1n) is 15.7. The average molecular weight is 813 g/mol. The summed E-state index contributed by atoms with van der Waals surface area (Å²) in [7, 11) is 0. The molecule has 3 aromatic heterocycles. The van der Waals surface area contributed by atoms with Crippen LogP contribution in [0.2, 0.25) is 0 Å². The molecule has 9 rings (SSSR count). The van der Waals surface area contributed by atoms with Crippen LogP contribution in [0.5, 0.6) is 11.5 Å². The third-order valence-corrected chi connectivity index (χ3v) is 10.0. The molecule has 233 valence electrons. The minimum absolute atomic E-state index is 0. The Morgan fingerprint density at radius 2 is 1.50 bits per heavy atom. The zero-order valence-electron chi connectivity index (χ0n) is 26.4. The third-order valence-electron chi connectivity index (χ3n) is 8.73. The predicted octanol–water partition coefficient (Wildman–Crippen LogP) is 8.70. The number of nitrogens with zero attached hydrogens (tertiary/aromatic N) is 2. The Labute approximate surface area is 298 Å². The van der Waals surface area contributed by atoms with Crippen LogP contribution in [0.1, 0.15) is 11.1 Å². The monoisotopic (exact) mass is 813 g/mol. The number of pyridine rings is 2. The van der Waals surface area contributed by atoms with Crippen molar-refractivity contribution in [1.29, 1.82) is 0 Å². The quantitative estimate of drug-likeness (QED) is 0.132. The van der Waals surface area contributed by atoms with Crippen LogP contribution in [-0.4, -0.2) is 16.7 Å². The molecule has 1 radical (unpaired) electrons. The molecule has 8 aromatic rings. The summed E-state index contributed by atoms with van der Waals surface area (Å²) >= 11 is 1.80. The molecule has 0 amide bonds. The van der Waals surface area contributed by atoms with Crippen molar-refractivity contribution in [2.45, 2.75) is 13.8 Å². The van der Waals surface area contributed by atoms with Gasteiger partial charge >= 0.3 is 0 Å². The van der Waals surface area contributed by atoms with Crippen LogP contribution < -0.4 is 20.4 Å². The normalized spacial score (nSPS) is 11.5. The van der Waals surface area contributed by atoms with Crippen LogP contribution in [0.4, 0.5) is 0 Å². The molecule has 0 spiro atoms. The summed E-state index contributed by atoms with van der Waals surface area (Å²) in [6.45, 7) is 4.27. The van der Waals surface area contributed by atoms with E-state index >= 15 is 0 Å². The molecule has 6 heteroatoms. The Morgan fingerprint density at radius 1 is 0.688 bits per heavy atom. The van der Waals surface area contributed by atoms with E-state index in [1.807, 2.05) is 60.9 Å². The largest absolute Gasteiger partial charge is 0.459 e. The number of thiophene rings is 1. The molecule has 5 aromatic carbocycles. The van der Waals surface area contributed by atoms with Gasteiger partial charge in [-0.3, -0.25) is 0 Å². The van der Waals surface area contributed by atoms with E-state index in [1.54, 1.807) is 11.3 Å². The van der Waals surface area contributed by atoms with Gasteiger partial charge in [0.2, 0.25) is 0 Å². The van der Waals surface area contributed by atoms with Gasteiger partial charge in [0.05, 0.1) is 0 Å². The molecule has 0 saturated carbocycles. The van der Waals surface area contributed by atoms with Gasteiger partial charge in [-0.05, 0) is 69.3 Å². The molecule has 1 aliphatic rings. The number of ether oxygens (including phenoxy) is 1. The van der Waals surface area contributed by atoms with E-state index in [2.05, 4.69) is 115 Å². The fourth-order valence-electron chi connectivity index (χ4n) is 6.25. The first kappa shape index (κ1) is 31.7. The standard InChI is InChI=1S/C29H17BNOS.C13H12N.Ir/c1-2-10-20(11-3-1)30-26-21-12-5-4-9-19(21)16-17-25(26)32-27-23-14-8-13-22(28(23)33-29(27)30)24-15-6-7-18-31-24;1-10-8-13(14-9-11(10)2)12-6-4-3-5-7-12;/h1-12,14-18H;3-6,8-9H,1-2H3;/q2*-1;. The smallest absolute Gasteiger partial charge is 0.263 e. The van der Waals surface area contributed by atoms with Gasteiger partial charge in [0, 0.05) is 37.3 Å². The van der Waals surface area contributed by atoms with Crippen molar-refractivity contribution in [1.82, 2.24) is 9.97 Å². The zero-order valence-corrected chi connectivity index (χ0v) is 29.6. The first-order valence-corrected chi connectivity index (χ1v) is 16.5. The second-order valence-corrected chi connectivity index (χ2v) is 12.7. The molecule has 3 nitrogen and oxygen atoms in total. The second kappa shape index (κ2) is 13.7. The van der Waals surface area contributed by atoms with Gasteiger partial charge < -0.3 is 14.7 Å². The summed E-state index contributed by atoms with van der Waals surface area (Å²) in [5.41, 5.74) is 9.01. The van der Waals surface area contributed by atoms with Crippen molar-refractivity contribution in [3.05, 3.63) is 163 Å². The van der Waals surface area contributed by atoms with Gasteiger partial charge in [-0.2, -0.15) is 11.3 Å². The number of hydrogen-bond acceptors (Lipinski definition) is 4. The van der Waals surface area contributed by atoms with E-state index in [4.69, 9.17) is 4.74 Å². The molecule has 0 bridgehead atoms. The topological polar surface area (TPSA) is 35.0 Å². The summed E-state index contributed by atoms with van der Waals surface area (Å²) in [4.78, 5) is 8.98. The first-order chi connectivity index (χ1) is 23.2. The molecule has 0 fully saturated rings. The maximum atomic E-state index is 6.66. The summed E-state index contributed by atoms with van der Waals surface area (Å²) in [6, 6.07) is 50.3. The maximum absolute atomic E-state index is 6.66. The molecule has 0 atom stereocenters. The van der Waals surface area contributed by atoms with Gasteiger partial charge in [-0.15, -0.1) is 59.7 Å². The van der Waals surface area contributed by atoms with Gasteiger partial charge in [-0.1, -0.05) is 89.9 Å². The molecule has 0 N–H and O–H groups in total. The molecule has 0 saturated heterocycles. The van der Waals surface area contributed by atoms with Gasteiger partial charge in [0.1, 0.15) is 11.5 Å². The molecule has 4 heterocycles. The van der Waals surface area contributed by atoms with Crippen molar-refractivity contribution in [3.63, 3.8) is 0 Å². The summed E-state index contributed by atoms with van der Waals surface area (Å²) in [6.07, 6.45) is 3.74. The van der Waals surface area contributed by atoms with Crippen LogP contribution in [0.25, 0.3) is 43.4 Å². The summed E-state index contributed by atoms with van der Waals surface area (Å²) < 4.78 is 9.06. The van der Waals surface area contributed by atoms with Crippen LogP contribution >= 0.6 is 11.3 Å². The minimum atomic E-state index is 0. The molecule has 48 heavy (non-hydrogen) atoms. The number of aryl methyl sites for hydroxylation is 2. The SMILES string of the molecule is Cc1cnc(-c2[c-]cccc2)cc1C.[Ir].[c-]1ccc2c3c(sc2c1-c1ccccn1)B(c1ccccc1)c1c(ccc2ccccc12)O3. The molecular weight excluding hydrogens is 784 g/mol. The van der Waals surface area contributed by atoms with Crippen LogP contribution in [0.15, 0.2) is 140 Å². The minimum Gasteiger partial charge on any atom is -0.459 e. The van der Waals surface area contributed by atoms with E-state index < -0.39 is 0 Å². The van der Waals surface area contributed by atoms with E-state index in [0.29, 0.717) is 0 Å². The second-order valence-electron chi connectivity index (χ2n) is 11.7. The summed E-state index contributed by atoms with van der Waals surface area (Å²) in [5, 5.41) is 3.59. The van der Waals surface area contributed by atoms with Crippen LogP contribution in [0.3, 0.4) is 0 Å². The predicted molar refractivity (Wildman–Crippen MR) is 197 cm³/mol. The Hall–Kier alpha value is -4.87. The Kier molecular flexibility index (Phi) is 9.05. The summed E-state index contributed by atoms with van der Waals surface area (Å²) in [5.74, 6) is 1.89. The Balaban J connectivity index is 0.000000205. The van der Waals surface area contributed by atoms with Crippen molar-refractivity contribution in [2.75, 3.05) is 0 Å². The van der Waals surface area contributed by atoms with Gasteiger partial charge in [0.15, 0.2) is 0 Å². The number of aromatic nitrogens is 2. The zero-order chi connectivity index (χ0) is 31.7. The maximum Gasteiger partial charge on any atom is 0.263 e. The number of benzene rings is 5.